The lowest BCUT2D eigenvalue weighted by Gasteiger charge is -2.29. The molecule has 2 rings (SSSR count). The van der Waals surface area contributed by atoms with E-state index in [1.165, 1.54) is 11.1 Å². The fraction of sp³-hybridized carbons (Fsp3) is 0.409. The topological polar surface area (TPSA) is 32.3 Å². The minimum atomic E-state index is -0.551. The zero-order valence-electron chi connectivity index (χ0n) is 16.0. The molecule has 1 N–H and O–H groups in total. The van der Waals surface area contributed by atoms with Gasteiger partial charge < -0.3 is 10.2 Å². The van der Waals surface area contributed by atoms with Crippen molar-refractivity contribution < 1.29 is 4.79 Å². The summed E-state index contributed by atoms with van der Waals surface area (Å²) in [6.07, 6.45) is 1.04. The first-order valence-electron chi connectivity index (χ1n) is 8.95. The van der Waals surface area contributed by atoms with Gasteiger partial charge in [0, 0.05) is 6.54 Å². The molecule has 0 aromatic heterocycles. The number of likely N-dealkylation sites (N-methyl/N-ethyl adjacent to an activating group) is 1. The Hall–Kier alpha value is -2.13. The van der Waals surface area contributed by atoms with Crippen molar-refractivity contribution >= 4 is 5.91 Å². The first-order valence-corrected chi connectivity index (χ1v) is 8.95. The highest BCUT2D eigenvalue weighted by atomic mass is 16.2. The van der Waals surface area contributed by atoms with Crippen LogP contribution in [0, 0.1) is 0 Å². The Balaban J connectivity index is 2.09. The average Bonchev–Trinajstić information content (AvgIpc) is 2.62. The Morgan fingerprint density at radius 2 is 1.64 bits per heavy atom. The van der Waals surface area contributed by atoms with Crippen molar-refractivity contribution in [2.45, 2.75) is 38.6 Å². The van der Waals surface area contributed by atoms with E-state index in [-0.39, 0.29) is 11.9 Å². The lowest BCUT2D eigenvalue weighted by atomic mass is 9.83. The monoisotopic (exact) mass is 338 g/mol. The Kier molecular flexibility index (Phi) is 6.38. The number of carbonyl (C=O) groups excluding carboxylic acids is 1. The van der Waals surface area contributed by atoms with Crippen LogP contribution in [0.15, 0.2) is 54.6 Å². The second-order valence-corrected chi connectivity index (χ2v) is 7.28. The van der Waals surface area contributed by atoms with E-state index >= 15 is 0 Å². The van der Waals surface area contributed by atoms with Crippen LogP contribution >= 0.6 is 0 Å². The number of hydrogen-bond acceptors (Lipinski definition) is 2. The van der Waals surface area contributed by atoms with Crippen molar-refractivity contribution in [1.29, 1.82) is 0 Å². The van der Waals surface area contributed by atoms with E-state index in [0.29, 0.717) is 6.54 Å². The molecular weight excluding hydrogens is 308 g/mol. The molecule has 0 fully saturated rings. The minimum absolute atomic E-state index is 0.0516. The summed E-state index contributed by atoms with van der Waals surface area (Å²) < 4.78 is 0. The number of rotatable bonds is 7. The highest BCUT2D eigenvalue weighted by Gasteiger charge is 2.30. The third-order valence-electron chi connectivity index (χ3n) is 4.92. The number of hydrogen-bond donors (Lipinski definition) is 1. The van der Waals surface area contributed by atoms with Gasteiger partial charge in [-0.05, 0) is 51.1 Å². The molecule has 2 aromatic rings. The molecule has 0 saturated carbocycles. The normalized spacial score (nSPS) is 12.9. The summed E-state index contributed by atoms with van der Waals surface area (Å²) in [4.78, 5) is 14.9. The third-order valence-corrected chi connectivity index (χ3v) is 4.92. The van der Waals surface area contributed by atoms with Crippen LogP contribution in [-0.2, 0) is 16.6 Å². The molecule has 1 amide bonds. The van der Waals surface area contributed by atoms with E-state index in [4.69, 9.17) is 0 Å². The molecule has 0 aliphatic rings. The molecule has 3 nitrogen and oxygen atoms in total. The zero-order valence-corrected chi connectivity index (χ0v) is 16.0. The van der Waals surface area contributed by atoms with Crippen LogP contribution in [0.25, 0.3) is 0 Å². The van der Waals surface area contributed by atoms with Gasteiger partial charge >= 0.3 is 0 Å². The van der Waals surface area contributed by atoms with Gasteiger partial charge in [-0.25, -0.2) is 0 Å². The number of aryl methyl sites for hydroxylation is 1. The molecule has 0 spiro atoms. The van der Waals surface area contributed by atoms with Gasteiger partial charge in [0.2, 0.25) is 5.91 Å². The van der Waals surface area contributed by atoms with E-state index in [2.05, 4.69) is 41.4 Å². The first-order chi connectivity index (χ1) is 11.9. The van der Waals surface area contributed by atoms with Crippen LogP contribution in [0.2, 0.25) is 0 Å². The standard InChI is InChI=1S/C22H30N2O/c1-6-17-12-14-18(15-13-17)20(24(4)5)16-23-21(25)22(2,3)19-10-8-7-9-11-19/h7-15,20H,6,16H2,1-5H3,(H,23,25)/t20-/m0/s1. The zero-order chi connectivity index (χ0) is 18.4. The number of amides is 1. The van der Waals surface area contributed by atoms with Crippen LogP contribution in [-0.4, -0.2) is 31.4 Å². The predicted octanol–water partition coefficient (Wildman–Crippen LogP) is 3.95. The fourth-order valence-corrected chi connectivity index (χ4v) is 2.97. The molecule has 0 saturated heterocycles. The molecule has 0 radical (unpaired) electrons. The second kappa shape index (κ2) is 8.30. The summed E-state index contributed by atoms with van der Waals surface area (Å²) >= 11 is 0. The highest BCUT2D eigenvalue weighted by Crippen LogP contribution is 2.24. The molecule has 0 heterocycles. The van der Waals surface area contributed by atoms with Crippen molar-refractivity contribution in [2.24, 2.45) is 0 Å². The van der Waals surface area contributed by atoms with Crippen LogP contribution in [0.5, 0.6) is 0 Å². The summed E-state index contributed by atoms with van der Waals surface area (Å²) in [5.41, 5.74) is 3.03. The fourth-order valence-electron chi connectivity index (χ4n) is 2.97. The predicted molar refractivity (Wildman–Crippen MR) is 105 cm³/mol. The van der Waals surface area contributed by atoms with Gasteiger partial charge in [0.25, 0.3) is 0 Å². The summed E-state index contributed by atoms with van der Waals surface area (Å²) in [6, 6.07) is 18.8. The van der Waals surface area contributed by atoms with Gasteiger partial charge in [-0.1, -0.05) is 61.5 Å². The maximum absolute atomic E-state index is 12.8. The smallest absolute Gasteiger partial charge is 0.230 e. The number of nitrogens with one attached hydrogen (secondary N) is 1. The third kappa shape index (κ3) is 4.70. The van der Waals surface area contributed by atoms with Crippen molar-refractivity contribution in [3.63, 3.8) is 0 Å². The van der Waals surface area contributed by atoms with Gasteiger partial charge in [0.05, 0.1) is 11.5 Å². The van der Waals surface area contributed by atoms with Crippen molar-refractivity contribution in [3.05, 3.63) is 71.3 Å². The van der Waals surface area contributed by atoms with Gasteiger partial charge in [0.1, 0.15) is 0 Å². The van der Waals surface area contributed by atoms with Gasteiger partial charge in [0.15, 0.2) is 0 Å². The van der Waals surface area contributed by atoms with E-state index in [1.807, 2.05) is 58.3 Å². The lowest BCUT2D eigenvalue weighted by Crippen LogP contribution is -2.43. The molecule has 0 aliphatic carbocycles. The van der Waals surface area contributed by atoms with Crippen molar-refractivity contribution in [2.75, 3.05) is 20.6 Å². The van der Waals surface area contributed by atoms with E-state index in [0.717, 1.165) is 12.0 Å². The van der Waals surface area contributed by atoms with Crippen molar-refractivity contribution in [1.82, 2.24) is 10.2 Å². The van der Waals surface area contributed by atoms with Gasteiger partial charge in [-0.2, -0.15) is 0 Å². The summed E-state index contributed by atoms with van der Waals surface area (Å²) in [7, 11) is 4.10. The van der Waals surface area contributed by atoms with Crippen molar-refractivity contribution in [3.8, 4) is 0 Å². The van der Waals surface area contributed by atoms with E-state index < -0.39 is 5.41 Å². The first kappa shape index (κ1) is 19.2. The van der Waals surface area contributed by atoms with Gasteiger partial charge in [-0.15, -0.1) is 0 Å². The number of benzene rings is 2. The summed E-state index contributed by atoms with van der Waals surface area (Å²) in [6.45, 7) is 6.69. The largest absolute Gasteiger partial charge is 0.353 e. The molecule has 1 atom stereocenters. The SMILES string of the molecule is CCc1ccc([C@H](CNC(=O)C(C)(C)c2ccccc2)N(C)C)cc1. The molecule has 2 aromatic carbocycles. The Morgan fingerprint density at radius 3 is 2.16 bits per heavy atom. The second-order valence-electron chi connectivity index (χ2n) is 7.28. The van der Waals surface area contributed by atoms with E-state index in [9.17, 15) is 4.79 Å². The molecule has 3 heteroatoms. The van der Waals surface area contributed by atoms with Crippen LogP contribution in [0.4, 0.5) is 0 Å². The quantitative estimate of drug-likeness (QED) is 0.829. The molecule has 25 heavy (non-hydrogen) atoms. The maximum Gasteiger partial charge on any atom is 0.230 e. The summed E-state index contributed by atoms with van der Waals surface area (Å²) in [5, 5.41) is 3.15. The van der Waals surface area contributed by atoms with Crippen LogP contribution in [0.1, 0.15) is 43.5 Å². The summed E-state index contributed by atoms with van der Waals surface area (Å²) in [5.74, 6) is 0.0516. The Bertz CT molecular complexity index is 675. The molecule has 134 valence electrons. The maximum atomic E-state index is 12.8. The average molecular weight is 338 g/mol. The molecular formula is C22H30N2O. The van der Waals surface area contributed by atoms with Crippen LogP contribution in [0.3, 0.4) is 0 Å². The highest BCUT2D eigenvalue weighted by molar-refractivity contribution is 5.87. The van der Waals surface area contributed by atoms with Gasteiger partial charge in [-0.3, -0.25) is 4.79 Å². The number of nitrogens with zero attached hydrogens (tertiary/aromatic N) is 1. The Morgan fingerprint density at radius 1 is 1.04 bits per heavy atom. The van der Waals surface area contributed by atoms with E-state index in [1.54, 1.807) is 0 Å². The minimum Gasteiger partial charge on any atom is -0.353 e. The van der Waals surface area contributed by atoms with Crippen LogP contribution < -0.4 is 5.32 Å². The number of carbonyl (C=O) groups is 1. The lowest BCUT2D eigenvalue weighted by molar-refractivity contribution is -0.125. The molecule has 0 aliphatic heterocycles. The molecule has 0 unspecified atom stereocenters. The molecule has 0 bridgehead atoms. The Labute approximate surface area is 152 Å².